The summed E-state index contributed by atoms with van der Waals surface area (Å²) in [5.74, 6) is -3.77. The van der Waals surface area contributed by atoms with Crippen LogP contribution in [0.2, 0.25) is 0 Å². The highest BCUT2D eigenvalue weighted by molar-refractivity contribution is 6.10. The second-order valence-corrected chi connectivity index (χ2v) is 7.81. The van der Waals surface area contributed by atoms with E-state index in [1.165, 1.54) is 6.92 Å². The molecule has 0 unspecified atom stereocenters. The van der Waals surface area contributed by atoms with Gasteiger partial charge in [0.15, 0.2) is 0 Å². The molecule has 1 aliphatic heterocycles. The number of rotatable bonds is 5. The second-order valence-electron chi connectivity index (χ2n) is 7.81. The maximum Gasteiger partial charge on any atom is 0.425 e. The van der Waals surface area contributed by atoms with Gasteiger partial charge in [-0.15, -0.1) is 0 Å². The highest BCUT2D eigenvalue weighted by Gasteiger charge is 2.71. The Bertz CT molecular complexity index is 681. The van der Waals surface area contributed by atoms with Crippen LogP contribution in [-0.2, 0) is 19.1 Å². The Labute approximate surface area is 162 Å². The number of nitrogens with one attached hydrogen (secondary N) is 1. The van der Waals surface area contributed by atoms with Gasteiger partial charge >= 0.3 is 12.1 Å². The number of allylic oxidation sites excluding steroid dienone is 1. The average Bonchev–Trinajstić information content (AvgIpc) is 2.82. The Morgan fingerprint density at radius 1 is 1.25 bits per heavy atom. The predicted molar refractivity (Wildman–Crippen MR) is 94.8 cm³/mol. The molecule has 0 saturated heterocycles. The summed E-state index contributed by atoms with van der Waals surface area (Å²) in [5, 5.41) is 1.86. The summed E-state index contributed by atoms with van der Waals surface area (Å²) in [5.41, 5.74) is -4.38. The van der Waals surface area contributed by atoms with Crippen molar-refractivity contribution in [2.24, 2.45) is 5.92 Å². The molecule has 1 aliphatic carbocycles. The SMILES string of the molecule is COC(=O)C1=C(C)N(C2CCCCC2)C(=O)[C@@]1(NC(=O)CC(C)C)C(F)(F)F. The fourth-order valence-corrected chi connectivity index (χ4v) is 4.09. The van der Waals surface area contributed by atoms with E-state index >= 15 is 0 Å². The monoisotopic (exact) mass is 404 g/mol. The molecule has 1 atom stereocenters. The van der Waals surface area contributed by atoms with Gasteiger partial charge in [-0.25, -0.2) is 4.79 Å². The largest absolute Gasteiger partial charge is 0.466 e. The minimum absolute atomic E-state index is 0.106. The molecule has 0 spiro atoms. The molecule has 2 rings (SSSR count). The molecule has 0 aromatic heterocycles. The van der Waals surface area contributed by atoms with E-state index in [2.05, 4.69) is 4.74 Å². The first kappa shape index (κ1) is 22.2. The van der Waals surface area contributed by atoms with Gasteiger partial charge in [0.05, 0.1) is 7.11 Å². The van der Waals surface area contributed by atoms with Crippen LogP contribution >= 0.6 is 0 Å². The molecule has 0 radical (unpaired) electrons. The van der Waals surface area contributed by atoms with Gasteiger partial charge in [-0.2, -0.15) is 13.2 Å². The van der Waals surface area contributed by atoms with E-state index in [0.29, 0.717) is 12.8 Å². The Morgan fingerprint density at radius 2 is 1.82 bits per heavy atom. The summed E-state index contributed by atoms with van der Waals surface area (Å²) in [6.45, 7) is 4.65. The molecule has 0 bridgehead atoms. The lowest BCUT2D eigenvalue weighted by atomic mass is 9.88. The van der Waals surface area contributed by atoms with Crippen molar-refractivity contribution >= 4 is 17.8 Å². The number of amides is 2. The van der Waals surface area contributed by atoms with E-state index in [-0.39, 0.29) is 18.0 Å². The van der Waals surface area contributed by atoms with Crippen LogP contribution in [0, 0.1) is 5.92 Å². The summed E-state index contributed by atoms with van der Waals surface area (Å²) in [7, 11) is 0.952. The molecule has 9 heteroatoms. The Morgan fingerprint density at radius 3 is 2.29 bits per heavy atom. The van der Waals surface area contributed by atoms with Crippen molar-refractivity contribution in [2.45, 2.75) is 77.1 Å². The quantitative estimate of drug-likeness (QED) is 0.715. The molecule has 1 fully saturated rings. The van der Waals surface area contributed by atoms with Crippen LogP contribution in [0.4, 0.5) is 13.2 Å². The van der Waals surface area contributed by atoms with Gasteiger partial charge in [0.2, 0.25) is 11.4 Å². The van der Waals surface area contributed by atoms with E-state index in [4.69, 9.17) is 0 Å². The van der Waals surface area contributed by atoms with Crippen LogP contribution in [0.25, 0.3) is 0 Å². The van der Waals surface area contributed by atoms with E-state index < -0.39 is 41.1 Å². The van der Waals surface area contributed by atoms with Crippen LogP contribution in [-0.4, -0.2) is 47.6 Å². The van der Waals surface area contributed by atoms with Crippen molar-refractivity contribution in [3.8, 4) is 0 Å². The zero-order valence-electron chi connectivity index (χ0n) is 16.6. The highest BCUT2D eigenvalue weighted by atomic mass is 19.4. The molecule has 6 nitrogen and oxygen atoms in total. The number of halogens is 3. The summed E-state index contributed by atoms with van der Waals surface area (Å²) >= 11 is 0. The third-order valence-electron chi connectivity index (χ3n) is 5.31. The van der Waals surface area contributed by atoms with Crippen LogP contribution in [0.5, 0.6) is 0 Å². The number of hydrogen-bond acceptors (Lipinski definition) is 4. The molecule has 158 valence electrons. The minimum atomic E-state index is -5.20. The molecule has 0 aromatic rings. The first-order valence-corrected chi connectivity index (χ1v) is 9.48. The van der Waals surface area contributed by atoms with E-state index in [0.717, 1.165) is 31.3 Å². The topological polar surface area (TPSA) is 75.7 Å². The third kappa shape index (κ3) is 3.75. The first-order chi connectivity index (χ1) is 13.0. The standard InChI is InChI=1S/C19H27F3N2O4/c1-11(2)10-14(25)23-18(19(20,21)22)15(16(26)28-4)12(3)24(17(18)27)13-8-6-5-7-9-13/h11,13H,5-10H2,1-4H3,(H,23,25)/t18-/m1/s1. The normalized spacial score (nSPS) is 24.1. The van der Waals surface area contributed by atoms with Crippen LogP contribution in [0.3, 0.4) is 0 Å². The van der Waals surface area contributed by atoms with Gasteiger partial charge < -0.3 is 15.0 Å². The summed E-state index contributed by atoms with van der Waals surface area (Å²) in [6, 6.07) is -0.438. The van der Waals surface area contributed by atoms with Gasteiger partial charge in [-0.05, 0) is 25.7 Å². The molecule has 1 saturated carbocycles. The molecular weight excluding hydrogens is 377 g/mol. The van der Waals surface area contributed by atoms with Gasteiger partial charge in [0.1, 0.15) is 5.57 Å². The Hall–Kier alpha value is -2.06. The molecule has 28 heavy (non-hydrogen) atoms. The Balaban J connectivity index is 2.61. The lowest BCUT2D eigenvalue weighted by Crippen LogP contribution is -2.66. The average molecular weight is 404 g/mol. The van der Waals surface area contributed by atoms with Crippen LogP contribution in [0.15, 0.2) is 11.3 Å². The van der Waals surface area contributed by atoms with Crippen molar-refractivity contribution in [2.75, 3.05) is 7.11 Å². The van der Waals surface area contributed by atoms with Crippen LogP contribution in [0.1, 0.15) is 59.3 Å². The van der Waals surface area contributed by atoms with Gasteiger partial charge in [0, 0.05) is 18.2 Å². The van der Waals surface area contributed by atoms with Gasteiger partial charge in [0.25, 0.3) is 5.91 Å². The number of esters is 1. The van der Waals surface area contributed by atoms with E-state index in [9.17, 15) is 27.6 Å². The summed E-state index contributed by atoms with van der Waals surface area (Å²) < 4.78 is 47.5. The van der Waals surface area contributed by atoms with Gasteiger partial charge in [-0.1, -0.05) is 33.1 Å². The number of carbonyl (C=O) groups excluding carboxylic acids is 3. The molecule has 0 aromatic carbocycles. The lowest BCUT2D eigenvalue weighted by molar-refractivity contribution is -0.197. The third-order valence-corrected chi connectivity index (χ3v) is 5.31. The van der Waals surface area contributed by atoms with E-state index in [1.807, 2.05) is 5.32 Å². The Kier molecular flexibility index (Phi) is 6.45. The smallest absolute Gasteiger partial charge is 0.425 e. The van der Waals surface area contributed by atoms with Crippen molar-refractivity contribution in [3.05, 3.63) is 11.3 Å². The molecular formula is C19H27F3N2O4. The second kappa shape index (κ2) is 8.13. The van der Waals surface area contributed by atoms with Crippen LogP contribution < -0.4 is 5.32 Å². The predicted octanol–water partition coefficient (Wildman–Crippen LogP) is 3.07. The number of nitrogens with zero attached hydrogens (tertiary/aromatic N) is 1. The number of alkyl halides is 3. The zero-order valence-corrected chi connectivity index (χ0v) is 16.6. The lowest BCUT2D eigenvalue weighted by Gasteiger charge is -2.36. The fraction of sp³-hybridized carbons (Fsp3) is 0.737. The molecule has 1 N–H and O–H groups in total. The molecule has 2 aliphatic rings. The zero-order chi connectivity index (χ0) is 21.3. The molecule has 2 amide bonds. The minimum Gasteiger partial charge on any atom is -0.466 e. The maximum absolute atomic E-state index is 14.3. The number of methoxy groups -OCH3 is 1. The number of ether oxygens (including phenoxy) is 1. The molecule has 1 heterocycles. The highest BCUT2D eigenvalue weighted by Crippen LogP contribution is 2.47. The van der Waals surface area contributed by atoms with E-state index in [1.54, 1.807) is 13.8 Å². The maximum atomic E-state index is 14.3. The summed E-state index contributed by atoms with van der Waals surface area (Å²) in [6.07, 6.45) is -1.80. The van der Waals surface area contributed by atoms with Crippen molar-refractivity contribution in [3.63, 3.8) is 0 Å². The van der Waals surface area contributed by atoms with Crippen molar-refractivity contribution < 1.29 is 32.3 Å². The van der Waals surface area contributed by atoms with Gasteiger partial charge in [-0.3, -0.25) is 9.59 Å². The summed E-state index contributed by atoms with van der Waals surface area (Å²) in [4.78, 5) is 38.9. The number of carbonyl (C=O) groups is 3. The number of hydrogen-bond donors (Lipinski definition) is 1. The fourth-order valence-electron chi connectivity index (χ4n) is 4.09. The first-order valence-electron chi connectivity index (χ1n) is 9.48. The van der Waals surface area contributed by atoms with Crippen molar-refractivity contribution in [1.29, 1.82) is 0 Å². The van der Waals surface area contributed by atoms with Crippen molar-refractivity contribution in [1.82, 2.24) is 10.2 Å².